The van der Waals surface area contributed by atoms with Crippen molar-refractivity contribution >= 4 is 0 Å². The molecule has 0 unspecified atom stereocenters. The van der Waals surface area contributed by atoms with Crippen molar-refractivity contribution in [2.45, 2.75) is 45.6 Å². The summed E-state index contributed by atoms with van der Waals surface area (Å²) in [6.07, 6.45) is 6.96. The molecule has 0 radical (unpaired) electrons. The molecule has 1 aromatic heterocycles. The molecule has 4 rings (SSSR count). The molecule has 1 aliphatic rings. The van der Waals surface area contributed by atoms with Gasteiger partial charge >= 0.3 is 0 Å². The second kappa shape index (κ2) is 12.0. The molecule has 2 aromatic carbocycles. The van der Waals surface area contributed by atoms with Gasteiger partial charge in [-0.1, -0.05) is 37.3 Å². The van der Waals surface area contributed by atoms with Crippen molar-refractivity contribution in [2.24, 2.45) is 5.92 Å². The first kappa shape index (κ1) is 23.5. The van der Waals surface area contributed by atoms with E-state index in [1.807, 2.05) is 18.3 Å². The van der Waals surface area contributed by atoms with Gasteiger partial charge in [0.1, 0.15) is 11.6 Å². The number of benzene rings is 2. The Morgan fingerprint density at radius 3 is 2.76 bits per heavy atom. The molecule has 0 spiro atoms. The Balaban J connectivity index is 1.37. The zero-order chi connectivity index (χ0) is 22.9. The Morgan fingerprint density at radius 1 is 1.06 bits per heavy atom. The maximum atomic E-state index is 13.4. The molecular formula is C28H35FN4. The van der Waals surface area contributed by atoms with Gasteiger partial charge in [-0.2, -0.15) is 0 Å². The molecule has 1 atom stereocenters. The van der Waals surface area contributed by atoms with Crippen LogP contribution >= 0.6 is 0 Å². The molecule has 174 valence electrons. The molecular weight excluding hydrogens is 411 g/mol. The van der Waals surface area contributed by atoms with Gasteiger partial charge in [-0.05, 0) is 86.6 Å². The maximum Gasteiger partial charge on any atom is 0.128 e. The second-order valence-corrected chi connectivity index (χ2v) is 9.08. The van der Waals surface area contributed by atoms with Crippen LogP contribution in [0.15, 0.2) is 60.8 Å². The summed E-state index contributed by atoms with van der Waals surface area (Å²) in [6, 6.07) is 17.5. The van der Waals surface area contributed by atoms with Crippen LogP contribution in [0.4, 0.5) is 4.39 Å². The molecule has 0 aliphatic carbocycles. The van der Waals surface area contributed by atoms with Crippen molar-refractivity contribution in [3.05, 3.63) is 83.6 Å². The predicted octanol–water partition coefficient (Wildman–Crippen LogP) is 5.28. The van der Waals surface area contributed by atoms with Gasteiger partial charge < -0.3 is 5.32 Å². The summed E-state index contributed by atoms with van der Waals surface area (Å²) in [6.45, 7) is 7.73. The van der Waals surface area contributed by atoms with Crippen LogP contribution in [0.5, 0.6) is 0 Å². The largest absolute Gasteiger partial charge is 0.316 e. The third-order valence-electron chi connectivity index (χ3n) is 6.45. The fourth-order valence-corrected chi connectivity index (χ4v) is 4.66. The summed E-state index contributed by atoms with van der Waals surface area (Å²) >= 11 is 0. The lowest BCUT2D eigenvalue weighted by Crippen LogP contribution is -2.38. The van der Waals surface area contributed by atoms with Gasteiger partial charge in [-0.15, -0.1) is 0 Å². The molecule has 0 saturated carbocycles. The summed E-state index contributed by atoms with van der Waals surface area (Å²) in [4.78, 5) is 11.8. The molecule has 4 nitrogen and oxygen atoms in total. The van der Waals surface area contributed by atoms with Gasteiger partial charge in [0.25, 0.3) is 0 Å². The number of halogens is 1. The highest BCUT2D eigenvalue weighted by Crippen LogP contribution is 2.21. The summed E-state index contributed by atoms with van der Waals surface area (Å²) < 4.78 is 13.4. The fraction of sp³-hybridized carbons (Fsp3) is 0.429. The topological polar surface area (TPSA) is 41.1 Å². The van der Waals surface area contributed by atoms with Crippen LogP contribution in [-0.2, 0) is 19.4 Å². The molecule has 33 heavy (non-hydrogen) atoms. The SMILES string of the molecule is CCN(Cc1cccc(-c2ccnc(CCCc3cccc(F)c3)n2)c1)C[C@H]1CCCNC1. The average molecular weight is 447 g/mol. The number of rotatable bonds is 10. The number of aromatic nitrogens is 2. The minimum atomic E-state index is -0.178. The van der Waals surface area contributed by atoms with Gasteiger partial charge in [-0.25, -0.2) is 14.4 Å². The second-order valence-electron chi connectivity index (χ2n) is 9.08. The molecule has 1 N–H and O–H groups in total. The van der Waals surface area contributed by atoms with Crippen LogP contribution in [0, 0.1) is 11.7 Å². The zero-order valence-corrected chi connectivity index (χ0v) is 19.6. The number of hydrogen-bond donors (Lipinski definition) is 1. The standard InChI is InChI=1S/C28H35FN4/c1-2-33(21-24-10-6-15-30-19-24)20-23-9-3-11-25(17-23)27-14-16-31-28(32-27)13-5-8-22-7-4-12-26(29)18-22/h3-4,7,9,11-12,14,16-18,24,30H,2,5-6,8,10,13,15,19-21H2,1H3/t24-/m0/s1. The van der Waals surface area contributed by atoms with Crippen molar-refractivity contribution in [3.63, 3.8) is 0 Å². The Bertz CT molecular complexity index is 1020. The van der Waals surface area contributed by atoms with Gasteiger partial charge in [0, 0.05) is 31.3 Å². The first-order chi connectivity index (χ1) is 16.2. The van der Waals surface area contributed by atoms with Gasteiger partial charge in [0.2, 0.25) is 0 Å². The zero-order valence-electron chi connectivity index (χ0n) is 19.6. The monoisotopic (exact) mass is 446 g/mol. The molecule has 2 heterocycles. The molecule has 1 saturated heterocycles. The van der Waals surface area contributed by atoms with E-state index >= 15 is 0 Å². The summed E-state index contributed by atoms with van der Waals surface area (Å²) in [5.74, 6) is 1.41. The molecule has 0 bridgehead atoms. The first-order valence-corrected chi connectivity index (χ1v) is 12.3. The third kappa shape index (κ3) is 7.18. The number of aryl methyl sites for hydroxylation is 2. The van der Waals surface area contributed by atoms with E-state index in [2.05, 4.69) is 46.4 Å². The Morgan fingerprint density at radius 2 is 1.94 bits per heavy atom. The highest BCUT2D eigenvalue weighted by Gasteiger charge is 2.16. The molecule has 1 fully saturated rings. The quantitative estimate of drug-likeness (QED) is 0.460. The van der Waals surface area contributed by atoms with E-state index in [-0.39, 0.29) is 5.82 Å². The molecule has 0 amide bonds. The van der Waals surface area contributed by atoms with Gasteiger partial charge in [0.15, 0.2) is 0 Å². The van der Waals surface area contributed by atoms with Crippen LogP contribution in [0.1, 0.15) is 43.1 Å². The van der Waals surface area contributed by atoms with Gasteiger partial charge in [0.05, 0.1) is 5.69 Å². The smallest absolute Gasteiger partial charge is 0.128 e. The van der Waals surface area contributed by atoms with Crippen LogP contribution in [0.2, 0.25) is 0 Å². The van der Waals surface area contributed by atoms with E-state index in [0.717, 1.165) is 80.5 Å². The average Bonchev–Trinajstić information content (AvgIpc) is 2.85. The summed E-state index contributed by atoms with van der Waals surface area (Å²) in [5.41, 5.74) is 4.44. The summed E-state index contributed by atoms with van der Waals surface area (Å²) in [7, 11) is 0. The Labute approximate surface area is 197 Å². The molecule has 5 heteroatoms. The van der Waals surface area contributed by atoms with Gasteiger partial charge in [-0.3, -0.25) is 4.90 Å². The number of piperidine rings is 1. The van der Waals surface area contributed by atoms with E-state index in [1.54, 1.807) is 12.1 Å². The Kier molecular flexibility index (Phi) is 8.56. The minimum Gasteiger partial charge on any atom is -0.316 e. The Hall–Kier alpha value is -2.63. The van der Waals surface area contributed by atoms with Crippen LogP contribution in [-0.4, -0.2) is 41.0 Å². The highest BCUT2D eigenvalue weighted by molar-refractivity contribution is 5.59. The third-order valence-corrected chi connectivity index (χ3v) is 6.45. The van der Waals surface area contributed by atoms with E-state index in [4.69, 9.17) is 4.98 Å². The van der Waals surface area contributed by atoms with Crippen LogP contribution in [0.3, 0.4) is 0 Å². The lowest BCUT2D eigenvalue weighted by Gasteiger charge is -2.29. The number of nitrogens with one attached hydrogen (secondary N) is 1. The van der Waals surface area contributed by atoms with E-state index < -0.39 is 0 Å². The van der Waals surface area contributed by atoms with E-state index in [0.29, 0.717) is 0 Å². The van der Waals surface area contributed by atoms with Crippen molar-refractivity contribution in [3.8, 4) is 11.3 Å². The van der Waals surface area contributed by atoms with E-state index in [1.165, 1.54) is 24.5 Å². The number of nitrogens with zero attached hydrogens (tertiary/aromatic N) is 3. The maximum absolute atomic E-state index is 13.4. The summed E-state index contributed by atoms with van der Waals surface area (Å²) in [5, 5.41) is 3.53. The molecule has 3 aromatic rings. The lowest BCUT2D eigenvalue weighted by molar-refractivity contribution is 0.210. The first-order valence-electron chi connectivity index (χ1n) is 12.3. The lowest BCUT2D eigenvalue weighted by atomic mass is 9.98. The van der Waals surface area contributed by atoms with Crippen LogP contribution < -0.4 is 5.32 Å². The van der Waals surface area contributed by atoms with Crippen molar-refractivity contribution in [2.75, 3.05) is 26.2 Å². The normalized spacial score (nSPS) is 16.3. The highest BCUT2D eigenvalue weighted by atomic mass is 19.1. The fourth-order valence-electron chi connectivity index (χ4n) is 4.66. The van der Waals surface area contributed by atoms with Crippen molar-refractivity contribution in [1.29, 1.82) is 0 Å². The van der Waals surface area contributed by atoms with E-state index in [9.17, 15) is 4.39 Å². The number of hydrogen-bond acceptors (Lipinski definition) is 4. The minimum absolute atomic E-state index is 0.178. The van der Waals surface area contributed by atoms with Crippen LogP contribution in [0.25, 0.3) is 11.3 Å². The van der Waals surface area contributed by atoms with Crippen molar-refractivity contribution in [1.82, 2.24) is 20.2 Å². The van der Waals surface area contributed by atoms with Crippen molar-refractivity contribution < 1.29 is 4.39 Å². The predicted molar refractivity (Wildman–Crippen MR) is 132 cm³/mol. The molecule has 1 aliphatic heterocycles.